The Bertz CT molecular complexity index is 319. The van der Waals surface area contributed by atoms with E-state index in [9.17, 15) is 9.18 Å². The van der Waals surface area contributed by atoms with E-state index in [1.165, 1.54) is 12.2 Å². The van der Waals surface area contributed by atoms with Crippen molar-refractivity contribution in [1.29, 1.82) is 0 Å². The van der Waals surface area contributed by atoms with E-state index in [0.717, 1.165) is 0 Å². The summed E-state index contributed by atoms with van der Waals surface area (Å²) in [5.74, 6) is -0.656. The molecule has 0 aliphatic rings. The Kier molecular flexibility index (Phi) is 3.85. The number of benzene rings is 1. The number of allylic oxidation sites excluding steroid dienone is 1. The van der Waals surface area contributed by atoms with E-state index in [4.69, 9.17) is 0 Å². The van der Waals surface area contributed by atoms with Gasteiger partial charge in [-0.15, -0.1) is 0 Å². The summed E-state index contributed by atoms with van der Waals surface area (Å²) in [6.07, 6.45) is 0.983. The SMILES string of the molecule is C/C=C/C(F)OC(=O)c1ccccc1. The second kappa shape index (κ2) is 5.17. The highest BCUT2D eigenvalue weighted by Crippen LogP contribution is 2.05. The zero-order chi connectivity index (χ0) is 10.4. The summed E-state index contributed by atoms with van der Waals surface area (Å²) in [6.45, 7) is 1.66. The molecule has 3 heteroatoms. The third-order valence-electron chi connectivity index (χ3n) is 1.57. The van der Waals surface area contributed by atoms with Gasteiger partial charge < -0.3 is 4.74 Å². The summed E-state index contributed by atoms with van der Waals surface area (Å²) in [7, 11) is 0. The molecule has 0 aliphatic carbocycles. The number of esters is 1. The van der Waals surface area contributed by atoms with Crippen molar-refractivity contribution in [1.82, 2.24) is 0 Å². The normalized spacial score (nSPS) is 12.7. The van der Waals surface area contributed by atoms with Crippen molar-refractivity contribution in [2.24, 2.45) is 0 Å². The van der Waals surface area contributed by atoms with E-state index in [1.54, 1.807) is 37.3 Å². The summed E-state index contributed by atoms with van der Waals surface area (Å²) in [5, 5.41) is 0. The largest absolute Gasteiger partial charge is 0.424 e. The molecular weight excluding hydrogens is 183 g/mol. The van der Waals surface area contributed by atoms with Crippen LogP contribution in [0.4, 0.5) is 4.39 Å². The van der Waals surface area contributed by atoms with Crippen molar-refractivity contribution in [3.8, 4) is 0 Å². The lowest BCUT2D eigenvalue weighted by atomic mass is 10.2. The standard InChI is InChI=1S/C11H11FO2/c1-2-6-10(12)14-11(13)9-7-4-3-5-8-9/h2-8,10H,1H3/b6-2+. The zero-order valence-electron chi connectivity index (χ0n) is 7.81. The lowest BCUT2D eigenvalue weighted by Crippen LogP contribution is -2.11. The van der Waals surface area contributed by atoms with Gasteiger partial charge in [0.2, 0.25) is 0 Å². The van der Waals surface area contributed by atoms with Gasteiger partial charge in [0.1, 0.15) is 0 Å². The maximum atomic E-state index is 12.8. The maximum Gasteiger partial charge on any atom is 0.340 e. The van der Waals surface area contributed by atoms with Gasteiger partial charge in [-0.2, -0.15) is 4.39 Å². The number of hydrogen-bond acceptors (Lipinski definition) is 2. The van der Waals surface area contributed by atoms with Crippen LogP contribution in [0.25, 0.3) is 0 Å². The maximum absolute atomic E-state index is 12.8. The van der Waals surface area contributed by atoms with Gasteiger partial charge in [-0.05, 0) is 25.1 Å². The average molecular weight is 194 g/mol. The Labute approximate surface area is 82.0 Å². The molecule has 0 saturated heterocycles. The molecule has 0 heterocycles. The first kappa shape index (κ1) is 10.4. The van der Waals surface area contributed by atoms with Gasteiger partial charge in [-0.3, -0.25) is 0 Å². The Morgan fingerprint density at radius 3 is 2.64 bits per heavy atom. The van der Waals surface area contributed by atoms with Crippen LogP contribution in [0.2, 0.25) is 0 Å². The highest BCUT2D eigenvalue weighted by molar-refractivity contribution is 5.89. The van der Waals surface area contributed by atoms with Crippen LogP contribution < -0.4 is 0 Å². The summed E-state index contributed by atoms with van der Waals surface area (Å²) in [6, 6.07) is 8.31. The fraction of sp³-hybridized carbons (Fsp3) is 0.182. The van der Waals surface area contributed by atoms with Crippen LogP contribution in [0.15, 0.2) is 42.5 Å². The van der Waals surface area contributed by atoms with E-state index >= 15 is 0 Å². The monoisotopic (exact) mass is 194 g/mol. The highest BCUT2D eigenvalue weighted by atomic mass is 19.1. The van der Waals surface area contributed by atoms with Gasteiger partial charge in [-0.1, -0.05) is 24.3 Å². The third kappa shape index (κ3) is 3.01. The summed E-state index contributed by atoms with van der Waals surface area (Å²) in [4.78, 5) is 11.2. The smallest absolute Gasteiger partial charge is 0.340 e. The molecule has 0 aliphatic heterocycles. The fourth-order valence-corrected chi connectivity index (χ4v) is 0.935. The second-order valence-electron chi connectivity index (χ2n) is 2.65. The number of hydrogen-bond donors (Lipinski definition) is 0. The fourth-order valence-electron chi connectivity index (χ4n) is 0.935. The van der Waals surface area contributed by atoms with Gasteiger partial charge in [0, 0.05) is 0 Å². The predicted octanol–water partition coefficient (Wildman–Crippen LogP) is 2.72. The second-order valence-corrected chi connectivity index (χ2v) is 2.65. The minimum Gasteiger partial charge on any atom is -0.424 e. The van der Waals surface area contributed by atoms with Crippen LogP contribution in [-0.4, -0.2) is 12.3 Å². The van der Waals surface area contributed by atoms with Crippen LogP contribution in [0, 0.1) is 0 Å². The molecule has 0 amide bonds. The quantitative estimate of drug-likeness (QED) is 0.546. The van der Waals surface area contributed by atoms with E-state index in [-0.39, 0.29) is 0 Å². The minimum absolute atomic E-state index is 0.347. The van der Waals surface area contributed by atoms with Crippen LogP contribution in [0.1, 0.15) is 17.3 Å². The van der Waals surface area contributed by atoms with E-state index in [0.29, 0.717) is 5.56 Å². The van der Waals surface area contributed by atoms with Crippen molar-refractivity contribution in [2.75, 3.05) is 0 Å². The molecule has 14 heavy (non-hydrogen) atoms. The predicted molar refractivity (Wildman–Crippen MR) is 51.6 cm³/mol. The molecule has 0 spiro atoms. The van der Waals surface area contributed by atoms with Gasteiger partial charge in [0.25, 0.3) is 6.36 Å². The molecule has 1 rings (SSSR count). The van der Waals surface area contributed by atoms with Crippen LogP contribution in [-0.2, 0) is 4.74 Å². The van der Waals surface area contributed by atoms with Crippen molar-refractivity contribution >= 4 is 5.97 Å². The summed E-state index contributed by atoms with van der Waals surface area (Å²) >= 11 is 0. The van der Waals surface area contributed by atoms with Crippen LogP contribution in [0.3, 0.4) is 0 Å². The Morgan fingerprint density at radius 2 is 2.07 bits per heavy atom. The molecule has 0 N–H and O–H groups in total. The first-order chi connectivity index (χ1) is 6.74. The van der Waals surface area contributed by atoms with Gasteiger partial charge in [0.05, 0.1) is 5.56 Å². The van der Waals surface area contributed by atoms with Crippen LogP contribution in [0.5, 0.6) is 0 Å². The third-order valence-corrected chi connectivity index (χ3v) is 1.57. The van der Waals surface area contributed by atoms with Crippen LogP contribution >= 0.6 is 0 Å². The molecule has 1 aromatic rings. The molecular formula is C11H11FO2. The van der Waals surface area contributed by atoms with E-state index < -0.39 is 12.3 Å². The molecule has 74 valence electrons. The minimum atomic E-state index is -1.67. The van der Waals surface area contributed by atoms with Crippen molar-refractivity contribution < 1.29 is 13.9 Å². The van der Waals surface area contributed by atoms with Crippen molar-refractivity contribution in [2.45, 2.75) is 13.3 Å². The molecule has 1 unspecified atom stereocenters. The number of carbonyl (C=O) groups excluding carboxylic acids is 1. The first-order valence-electron chi connectivity index (χ1n) is 4.27. The summed E-state index contributed by atoms with van der Waals surface area (Å²) in [5.41, 5.74) is 0.347. The first-order valence-corrected chi connectivity index (χ1v) is 4.27. The summed E-state index contributed by atoms with van der Waals surface area (Å²) < 4.78 is 17.3. The Hall–Kier alpha value is -1.64. The molecule has 0 fully saturated rings. The van der Waals surface area contributed by atoms with Gasteiger partial charge in [0.15, 0.2) is 0 Å². The molecule has 1 atom stereocenters. The molecule has 0 bridgehead atoms. The lowest BCUT2D eigenvalue weighted by molar-refractivity contribution is 0.00631. The van der Waals surface area contributed by atoms with Gasteiger partial charge >= 0.3 is 5.97 Å². The number of rotatable bonds is 3. The number of ether oxygens (including phenoxy) is 1. The van der Waals surface area contributed by atoms with E-state index in [1.807, 2.05) is 0 Å². The average Bonchev–Trinajstić information content (AvgIpc) is 2.19. The van der Waals surface area contributed by atoms with Crippen molar-refractivity contribution in [3.05, 3.63) is 48.0 Å². The molecule has 0 radical (unpaired) electrons. The van der Waals surface area contributed by atoms with Gasteiger partial charge in [-0.25, -0.2) is 4.79 Å². The molecule has 0 saturated carbocycles. The number of alkyl halides is 1. The van der Waals surface area contributed by atoms with E-state index in [2.05, 4.69) is 4.74 Å². The molecule has 1 aromatic carbocycles. The topological polar surface area (TPSA) is 26.3 Å². The zero-order valence-corrected chi connectivity index (χ0v) is 7.81. The lowest BCUT2D eigenvalue weighted by Gasteiger charge is -2.05. The molecule has 0 aromatic heterocycles. The number of carbonyl (C=O) groups is 1. The highest BCUT2D eigenvalue weighted by Gasteiger charge is 2.10. The Balaban J connectivity index is 2.59. The Morgan fingerprint density at radius 1 is 1.43 bits per heavy atom. The molecule has 2 nitrogen and oxygen atoms in total. The van der Waals surface area contributed by atoms with Crippen molar-refractivity contribution in [3.63, 3.8) is 0 Å². The number of halogens is 1.